The summed E-state index contributed by atoms with van der Waals surface area (Å²) in [6, 6.07) is 0.405. The van der Waals surface area contributed by atoms with E-state index < -0.39 is 0 Å². The molecular formula is C12H25N3O. The van der Waals surface area contributed by atoms with Gasteiger partial charge in [0.2, 0.25) is 5.91 Å². The molecule has 0 bridgehead atoms. The second-order valence-electron chi connectivity index (χ2n) is 5.07. The van der Waals surface area contributed by atoms with Crippen LogP contribution in [0.1, 0.15) is 26.2 Å². The van der Waals surface area contributed by atoms with Crippen molar-refractivity contribution in [3.63, 3.8) is 0 Å². The Hall–Kier alpha value is -0.610. The van der Waals surface area contributed by atoms with Crippen molar-refractivity contribution in [1.29, 1.82) is 0 Å². The fourth-order valence-electron chi connectivity index (χ4n) is 2.39. The maximum absolute atomic E-state index is 12.2. The van der Waals surface area contributed by atoms with E-state index in [1.807, 2.05) is 6.92 Å². The number of hydrogen-bond donors (Lipinski definition) is 1. The molecule has 0 radical (unpaired) electrons. The van der Waals surface area contributed by atoms with Crippen molar-refractivity contribution in [2.45, 2.75) is 32.2 Å². The molecule has 1 aliphatic rings. The molecule has 2 atom stereocenters. The highest BCUT2D eigenvalue weighted by molar-refractivity contribution is 5.79. The molecule has 94 valence electrons. The Bertz CT molecular complexity index is 230. The van der Waals surface area contributed by atoms with Gasteiger partial charge in [-0.05, 0) is 39.9 Å². The number of carbonyl (C=O) groups is 1. The number of likely N-dealkylation sites (tertiary alicyclic amines) is 1. The molecule has 1 aliphatic heterocycles. The third kappa shape index (κ3) is 3.46. The van der Waals surface area contributed by atoms with E-state index in [-0.39, 0.29) is 11.8 Å². The Kier molecular flexibility index (Phi) is 5.22. The maximum Gasteiger partial charge on any atom is 0.225 e. The number of nitrogens with two attached hydrogens (primary N) is 1. The van der Waals surface area contributed by atoms with Gasteiger partial charge in [0.15, 0.2) is 0 Å². The lowest BCUT2D eigenvalue weighted by atomic mass is 10.1. The molecule has 0 saturated carbocycles. The van der Waals surface area contributed by atoms with Gasteiger partial charge in [-0.15, -0.1) is 0 Å². The quantitative estimate of drug-likeness (QED) is 0.745. The predicted octanol–water partition coefficient (Wildman–Crippen LogP) is 0.524. The van der Waals surface area contributed by atoms with E-state index in [2.05, 4.69) is 23.9 Å². The van der Waals surface area contributed by atoms with E-state index in [4.69, 9.17) is 5.73 Å². The number of carbonyl (C=O) groups excluding carboxylic acids is 1. The molecule has 2 N–H and O–H groups in total. The zero-order chi connectivity index (χ0) is 12.1. The van der Waals surface area contributed by atoms with Gasteiger partial charge in [0.1, 0.15) is 0 Å². The van der Waals surface area contributed by atoms with E-state index >= 15 is 0 Å². The first-order valence-electron chi connectivity index (χ1n) is 6.21. The van der Waals surface area contributed by atoms with Gasteiger partial charge < -0.3 is 15.5 Å². The number of likely N-dealkylation sites (N-methyl/N-ethyl adjacent to an activating group) is 1. The summed E-state index contributed by atoms with van der Waals surface area (Å²) in [5.74, 6) is 0.363. The number of nitrogens with zero attached hydrogens (tertiary/aromatic N) is 2. The highest BCUT2D eigenvalue weighted by Gasteiger charge is 2.30. The van der Waals surface area contributed by atoms with Crippen molar-refractivity contribution in [2.75, 3.05) is 33.7 Å². The van der Waals surface area contributed by atoms with Gasteiger partial charge in [0, 0.05) is 25.0 Å². The molecule has 1 fully saturated rings. The van der Waals surface area contributed by atoms with Crippen LogP contribution in [0.5, 0.6) is 0 Å². The van der Waals surface area contributed by atoms with Crippen molar-refractivity contribution < 1.29 is 4.79 Å². The SMILES string of the molecule is CC(CCN)C(=O)N1CCCC1CN(C)C. The Morgan fingerprint density at radius 1 is 1.56 bits per heavy atom. The summed E-state index contributed by atoms with van der Waals surface area (Å²) in [5.41, 5.74) is 5.50. The molecule has 16 heavy (non-hydrogen) atoms. The second-order valence-corrected chi connectivity index (χ2v) is 5.07. The van der Waals surface area contributed by atoms with Crippen LogP contribution in [0.25, 0.3) is 0 Å². The zero-order valence-corrected chi connectivity index (χ0v) is 10.8. The van der Waals surface area contributed by atoms with Crippen molar-refractivity contribution in [3.05, 3.63) is 0 Å². The van der Waals surface area contributed by atoms with Crippen molar-refractivity contribution >= 4 is 5.91 Å². The fraction of sp³-hybridized carbons (Fsp3) is 0.917. The van der Waals surface area contributed by atoms with Crippen LogP contribution < -0.4 is 5.73 Å². The third-order valence-electron chi connectivity index (χ3n) is 3.26. The molecule has 1 saturated heterocycles. The standard InChI is InChI=1S/C12H25N3O/c1-10(6-7-13)12(16)15-8-4-5-11(15)9-14(2)3/h10-11H,4-9,13H2,1-3H3. The van der Waals surface area contributed by atoms with Gasteiger partial charge in [-0.2, -0.15) is 0 Å². The fourth-order valence-corrected chi connectivity index (χ4v) is 2.39. The van der Waals surface area contributed by atoms with Gasteiger partial charge in [0.25, 0.3) is 0 Å². The summed E-state index contributed by atoms with van der Waals surface area (Å²) < 4.78 is 0. The van der Waals surface area contributed by atoms with Crippen LogP contribution in [0.2, 0.25) is 0 Å². The normalized spacial score (nSPS) is 22.8. The van der Waals surface area contributed by atoms with Crippen LogP contribution in [0.4, 0.5) is 0 Å². The summed E-state index contributed by atoms with van der Waals surface area (Å²) in [5, 5.41) is 0. The Morgan fingerprint density at radius 2 is 2.25 bits per heavy atom. The highest BCUT2D eigenvalue weighted by Crippen LogP contribution is 2.21. The lowest BCUT2D eigenvalue weighted by Gasteiger charge is -2.29. The topological polar surface area (TPSA) is 49.6 Å². The second kappa shape index (κ2) is 6.21. The first kappa shape index (κ1) is 13.5. The summed E-state index contributed by atoms with van der Waals surface area (Å²) in [7, 11) is 4.12. The van der Waals surface area contributed by atoms with Gasteiger partial charge >= 0.3 is 0 Å². The largest absolute Gasteiger partial charge is 0.338 e. The van der Waals surface area contributed by atoms with Crippen molar-refractivity contribution in [1.82, 2.24) is 9.80 Å². The minimum absolute atomic E-state index is 0.0766. The van der Waals surface area contributed by atoms with Crippen LogP contribution in [0.15, 0.2) is 0 Å². The molecule has 0 aliphatic carbocycles. The molecule has 4 heteroatoms. The van der Waals surface area contributed by atoms with Gasteiger partial charge in [0.05, 0.1) is 0 Å². The van der Waals surface area contributed by atoms with E-state index in [9.17, 15) is 4.79 Å². The first-order valence-corrected chi connectivity index (χ1v) is 6.21. The maximum atomic E-state index is 12.2. The van der Waals surface area contributed by atoms with E-state index in [1.165, 1.54) is 0 Å². The molecule has 2 unspecified atom stereocenters. The summed E-state index contributed by atoms with van der Waals surface area (Å²) in [6.45, 7) is 4.48. The zero-order valence-electron chi connectivity index (χ0n) is 10.8. The average Bonchev–Trinajstić information content (AvgIpc) is 2.64. The first-order chi connectivity index (χ1) is 7.56. The van der Waals surface area contributed by atoms with E-state index in [1.54, 1.807) is 0 Å². The molecule has 1 amide bonds. The van der Waals surface area contributed by atoms with E-state index in [0.29, 0.717) is 12.6 Å². The Balaban J connectivity index is 2.53. The number of amides is 1. The van der Waals surface area contributed by atoms with Gasteiger partial charge in [-0.1, -0.05) is 6.92 Å². The summed E-state index contributed by atoms with van der Waals surface area (Å²) in [6.07, 6.45) is 3.07. The number of hydrogen-bond acceptors (Lipinski definition) is 3. The molecule has 0 aromatic carbocycles. The number of rotatable bonds is 5. The smallest absolute Gasteiger partial charge is 0.225 e. The molecule has 4 nitrogen and oxygen atoms in total. The molecule has 0 aromatic heterocycles. The summed E-state index contributed by atoms with van der Waals surface area (Å²) in [4.78, 5) is 16.4. The molecule has 1 heterocycles. The van der Waals surface area contributed by atoms with Crippen LogP contribution >= 0.6 is 0 Å². The van der Waals surface area contributed by atoms with Crippen LogP contribution in [0, 0.1) is 5.92 Å². The Morgan fingerprint density at radius 3 is 2.81 bits per heavy atom. The third-order valence-corrected chi connectivity index (χ3v) is 3.26. The highest BCUT2D eigenvalue weighted by atomic mass is 16.2. The van der Waals surface area contributed by atoms with Crippen molar-refractivity contribution in [2.24, 2.45) is 11.7 Å². The molecule has 0 aromatic rings. The molecule has 1 rings (SSSR count). The lowest BCUT2D eigenvalue weighted by Crippen LogP contribution is -2.43. The van der Waals surface area contributed by atoms with Crippen molar-refractivity contribution in [3.8, 4) is 0 Å². The van der Waals surface area contributed by atoms with Crippen LogP contribution in [-0.2, 0) is 4.79 Å². The Labute approximate surface area is 98.8 Å². The molecular weight excluding hydrogens is 202 g/mol. The summed E-state index contributed by atoms with van der Waals surface area (Å²) >= 11 is 0. The van der Waals surface area contributed by atoms with Gasteiger partial charge in [-0.3, -0.25) is 4.79 Å². The van der Waals surface area contributed by atoms with E-state index in [0.717, 1.165) is 32.4 Å². The lowest BCUT2D eigenvalue weighted by molar-refractivity contribution is -0.136. The average molecular weight is 227 g/mol. The van der Waals surface area contributed by atoms with Gasteiger partial charge in [-0.25, -0.2) is 0 Å². The molecule has 0 spiro atoms. The minimum atomic E-state index is 0.0766. The monoisotopic (exact) mass is 227 g/mol. The van der Waals surface area contributed by atoms with Crippen LogP contribution in [-0.4, -0.2) is 55.5 Å². The van der Waals surface area contributed by atoms with Crippen LogP contribution in [0.3, 0.4) is 0 Å². The predicted molar refractivity (Wildman–Crippen MR) is 66.1 cm³/mol. The minimum Gasteiger partial charge on any atom is -0.338 e.